The van der Waals surface area contributed by atoms with Crippen LogP contribution in [0.2, 0.25) is 0 Å². The van der Waals surface area contributed by atoms with Crippen LogP contribution in [0, 0.1) is 23.2 Å². The fraction of sp³-hybridized carbons (Fsp3) is 0.882. The Balaban J connectivity index is 1.93. The highest BCUT2D eigenvalue weighted by atomic mass is 19.4. The predicted molar refractivity (Wildman–Crippen MR) is 86.0 cm³/mol. The molecule has 8 heteroatoms. The van der Waals surface area contributed by atoms with Gasteiger partial charge in [0.2, 0.25) is 0 Å². The molecule has 2 atom stereocenters. The van der Waals surface area contributed by atoms with Crippen LogP contribution >= 0.6 is 0 Å². The minimum atomic E-state index is -4.63. The van der Waals surface area contributed by atoms with Gasteiger partial charge in [0.15, 0.2) is 0 Å². The van der Waals surface area contributed by atoms with Crippen molar-refractivity contribution in [2.24, 2.45) is 23.2 Å². The van der Waals surface area contributed by atoms with Crippen molar-refractivity contribution in [1.82, 2.24) is 10.2 Å². The third kappa shape index (κ3) is 4.79. The lowest BCUT2D eigenvalue weighted by molar-refractivity contribution is -0.187. The Morgan fingerprint density at radius 2 is 1.72 bits per heavy atom. The van der Waals surface area contributed by atoms with Gasteiger partial charge in [0.1, 0.15) is 0 Å². The molecular formula is C17H27F3N2O3. The third-order valence-electron chi connectivity index (χ3n) is 5.75. The minimum absolute atomic E-state index is 0.133. The lowest BCUT2D eigenvalue weighted by Gasteiger charge is -2.37. The van der Waals surface area contributed by atoms with Crippen LogP contribution < -0.4 is 5.32 Å². The summed E-state index contributed by atoms with van der Waals surface area (Å²) in [5, 5.41) is 11.7. The van der Waals surface area contributed by atoms with E-state index in [9.17, 15) is 22.8 Å². The van der Waals surface area contributed by atoms with Gasteiger partial charge in [-0.2, -0.15) is 13.2 Å². The average molecular weight is 364 g/mol. The summed E-state index contributed by atoms with van der Waals surface area (Å²) in [6, 6.07) is -0.609. The zero-order valence-electron chi connectivity index (χ0n) is 14.7. The van der Waals surface area contributed by atoms with Gasteiger partial charge in [-0.1, -0.05) is 33.1 Å². The van der Waals surface area contributed by atoms with Crippen LogP contribution in [-0.2, 0) is 4.79 Å². The molecule has 0 spiro atoms. The molecule has 25 heavy (non-hydrogen) atoms. The molecule has 144 valence electrons. The zero-order chi connectivity index (χ0) is 18.8. The van der Waals surface area contributed by atoms with Crippen molar-refractivity contribution in [3.05, 3.63) is 0 Å². The van der Waals surface area contributed by atoms with E-state index in [4.69, 9.17) is 5.11 Å². The maximum Gasteiger partial charge on any atom is 0.394 e. The summed E-state index contributed by atoms with van der Waals surface area (Å²) in [7, 11) is 0. The molecule has 1 aliphatic heterocycles. The second kappa shape index (κ2) is 7.41. The number of carbonyl (C=O) groups is 2. The fourth-order valence-electron chi connectivity index (χ4n) is 4.00. The van der Waals surface area contributed by atoms with Gasteiger partial charge in [0, 0.05) is 19.6 Å². The Morgan fingerprint density at radius 3 is 2.20 bits per heavy atom. The summed E-state index contributed by atoms with van der Waals surface area (Å²) in [4.78, 5) is 24.3. The number of hydrogen-bond acceptors (Lipinski definition) is 2. The summed E-state index contributed by atoms with van der Waals surface area (Å²) >= 11 is 0. The van der Waals surface area contributed by atoms with Gasteiger partial charge in [-0.05, 0) is 24.2 Å². The molecule has 2 rings (SSSR count). The fourth-order valence-corrected chi connectivity index (χ4v) is 4.00. The highest BCUT2D eigenvalue weighted by Crippen LogP contribution is 2.39. The molecule has 1 aliphatic carbocycles. The van der Waals surface area contributed by atoms with Crippen LogP contribution in [0.1, 0.15) is 46.0 Å². The number of likely N-dealkylation sites (tertiary alicyclic amines) is 1. The van der Waals surface area contributed by atoms with Crippen molar-refractivity contribution in [2.45, 2.75) is 52.1 Å². The molecule has 0 aromatic heterocycles. The van der Waals surface area contributed by atoms with E-state index in [0.717, 1.165) is 17.7 Å². The predicted octanol–water partition coefficient (Wildman–Crippen LogP) is 3.50. The highest BCUT2D eigenvalue weighted by Gasteiger charge is 2.53. The van der Waals surface area contributed by atoms with Crippen molar-refractivity contribution in [3.63, 3.8) is 0 Å². The summed E-state index contributed by atoms with van der Waals surface area (Å²) in [6.07, 6.45) is 1.14. The van der Waals surface area contributed by atoms with Gasteiger partial charge in [-0.3, -0.25) is 4.79 Å². The monoisotopic (exact) mass is 364 g/mol. The first-order chi connectivity index (χ1) is 11.5. The number of nitrogens with one attached hydrogen (secondary N) is 1. The summed E-state index contributed by atoms with van der Waals surface area (Å²) in [6.45, 7) is 3.49. The van der Waals surface area contributed by atoms with E-state index in [-0.39, 0.29) is 5.41 Å². The van der Waals surface area contributed by atoms with Crippen LogP contribution in [0.15, 0.2) is 0 Å². The van der Waals surface area contributed by atoms with Crippen LogP contribution in [0.3, 0.4) is 0 Å². The SMILES string of the molecule is CC(C)(CNC(=O)N1C[C@@H](C(F)(F)F)[C@H](C(=O)O)C1)C1CCCCC1. The molecule has 1 heterocycles. The second-order valence-electron chi connectivity index (χ2n) is 7.98. The van der Waals surface area contributed by atoms with Gasteiger partial charge < -0.3 is 15.3 Å². The molecule has 0 aromatic carbocycles. The van der Waals surface area contributed by atoms with E-state index in [0.29, 0.717) is 12.5 Å². The number of halogens is 3. The summed E-state index contributed by atoms with van der Waals surface area (Å²) in [5.41, 5.74) is -0.133. The van der Waals surface area contributed by atoms with Gasteiger partial charge in [-0.15, -0.1) is 0 Å². The molecule has 0 bridgehead atoms. The number of carboxylic acid groups (broad SMARTS) is 1. The number of nitrogens with zero attached hydrogens (tertiary/aromatic N) is 1. The Labute approximate surface area is 145 Å². The van der Waals surface area contributed by atoms with E-state index >= 15 is 0 Å². The normalized spacial score (nSPS) is 25.9. The number of hydrogen-bond donors (Lipinski definition) is 2. The summed E-state index contributed by atoms with van der Waals surface area (Å²) < 4.78 is 39.0. The van der Waals surface area contributed by atoms with Gasteiger partial charge >= 0.3 is 18.2 Å². The van der Waals surface area contributed by atoms with Crippen LogP contribution in [0.5, 0.6) is 0 Å². The molecule has 0 radical (unpaired) electrons. The maximum absolute atomic E-state index is 13.0. The second-order valence-corrected chi connectivity index (χ2v) is 7.98. The standard InChI is InChI=1S/C17H27F3N2O3/c1-16(2,11-6-4-3-5-7-11)10-21-15(25)22-8-12(14(23)24)13(9-22)17(18,19)20/h11-13H,3-10H2,1-2H3,(H,21,25)(H,23,24)/t12-,13-/m1/s1. The van der Waals surface area contributed by atoms with Gasteiger partial charge in [0.05, 0.1) is 11.8 Å². The lowest BCUT2D eigenvalue weighted by Crippen LogP contribution is -2.45. The first-order valence-electron chi connectivity index (χ1n) is 8.84. The van der Waals surface area contributed by atoms with Crippen LogP contribution in [-0.4, -0.2) is 47.8 Å². The van der Waals surface area contributed by atoms with E-state index < -0.39 is 43.1 Å². The molecule has 2 fully saturated rings. The van der Waals surface area contributed by atoms with Gasteiger partial charge in [-0.25, -0.2) is 4.79 Å². The number of carbonyl (C=O) groups excluding carboxylic acids is 1. The van der Waals surface area contributed by atoms with E-state index in [1.165, 1.54) is 19.3 Å². The Morgan fingerprint density at radius 1 is 1.12 bits per heavy atom. The van der Waals surface area contributed by atoms with Crippen molar-refractivity contribution >= 4 is 12.0 Å². The molecule has 2 amide bonds. The smallest absolute Gasteiger partial charge is 0.394 e. The molecule has 2 aliphatic rings. The van der Waals surface area contributed by atoms with Crippen molar-refractivity contribution < 1.29 is 27.9 Å². The highest BCUT2D eigenvalue weighted by molar-refractivity contribution is 5.77. The quantitative estimate of drug-likeness (QED) is 0.802. The Bertz CT molecular complexity index is 502. The number of alkyl halides is 3. The average Bonchev–Trinajstić information content (AvgIpc) is 2.99. The van der Waals surface area contributed by atoms with Crippen LogP contribution in [0.4, 0.5) is 18.0 Å². The third-order valence-corrected chi connectivity index (χ3v) is 5.75. The topological polar surface area (TPSA) is 69.6 Å². The molecule has 1 saturated heterocycles. The number of rotatable bonds is 4. The number of urea groups is 1. The minimum Gasteiger partial charge on any atom is -0.481 e. The zero-order valence-corrected chi connectivity index (χ0v) is 14.7. The Kier molecular flexibility index (Phi) is 5.89. The van der Waals surface area contributed by atoms with E-state index in [1.54, 1.807) is 0 Å². The molecule has 5 nitrogen and oxygen atoms in total. The Hall–Kier alpha value is -1.47. The number of amides is 2. The number of carboxylic acids is 1. The van der Waals surface area contributed by atoms with Crippen LogP contribution in [0.25, 0.3) is 0 Å². The maximum atomic E-state index is 13.0. The summed E-state index contributed by atoms with van der Waals surface area (Å²) in [5.74, 6) is -4.64. The first kappa shape index (κ1) is 19.8. The molecule has 0 aromatic rings. The van der Waals surface area contributed by atoms with E-state index in [2.05, 4.69) is 19.2 Å². The molecule has 2 N–H and O–H groups in total. The van der Waals surface area contributed by atoms with Gasteiger partial charge in [0.25, 0.3) is 0 Å². The molecule has 0 unspecified atom stereocenters. The lowest BCUT2D eigenvalue weighted by atomic mass is 9.71. The largest absolute Gasteiger partial charge is 0.481 e. The van der Waals surface area contributed by atoms with Crippen molar-refractivity contribution in [3.8, 4) is 0 Å². The van der Waals surface area contributed by atoms with E-state index in [1.807, 2.05) is 0 Å². The number of aliphatic carboxylic acids is 1. The molecular weight excluding hydrogens is 337 g/mol. The molecule has 1 saturated carbocycles. The van der Waals surface area contributed by atoms with Crippen molar-refractivity contribution in [2.75, 3.05) is 19.6 Å². The van der Waals surface area contributed by atoms with Crippen molar-refractivity contribution in [1.29, 1.82) is 0 Å². The first-order valence-corrected chi connectivity index (χ1v) is 8.84.